The first-order chi connectivity index (χ1) is 21.3. The van der Waals surface area contributed by atoms with Gasteiger partial charge in [-0.2, -0.15) is 5.26 Å². The summed E-state index contributed by atoms with van der Waals surface area (Å²) in [6.45, 7) is 0. The molecule has 0 aromatic heterocycles. The van der Waals surface area contributed by atoms with Crippen LogP contribution in [-0.4, -0.2) is 0 Å². The summed E-state index contributed by atoms with van der Waals surface area (Å²) in [5.41, 5.74) is 13.8. The maximum absolute atomic E-state index is 9.22. The van der Waals surface area contributed by atoms with Crippen molar-refractivity contribution >= 4 is 27.8 Å². The number of rotatable bonds is 5. The summed E-state index contributed by atoms with van der Waals surface area (Å²) in [5.74, 6) is 0. The van der Waals surface area contributed by atoms with Crippen LogP contribution < -0.4 is 4.90 Å². The average molecular weight is 547 g/mol. The van der Waals surface area contributed by atoms with Gasteiger partial charge in [-0.3, -0.25) is 0 Å². The van der Waals surface area contributed by atoms with Crippen molar-refractivity contribution in [2.24, 2.45) is 0 Å². The van der Waals surface area contributed by atoms with Gasteiger partial charge in [0, 0.05) is 17.1 Å². The number of nitrogens with zero attached hydrogens (tertiary/aromatic N) is 2. The molecule has 0 saturated carbocycles. The topological polar surface area (TPSA) is 27.0 Å². The predicted molar refractivity (Wildman–Crippen MR) is 179 cm³/mol. The van der Waals surface area contributed by atoms with E-state index in [4.69, 9.17) is 0 Å². The molecule has 0 bridgehead atoms. The van der Waals surface area contributed by atoms with Crippen LogP contribution in [0.15, 0.2) is 158 Å². The molecule has 2 heteroatoms. The van der Waals surface area contributed by atoms with Crippen molar-refractivity contribution in [3.63, 3.8) is 0 Å². The first-order valence-electron chi connectivity index (χ1n) is 14.5. The zero-order valence-corrected chi connectivity index (χ0v) is 23.4. The molecule has 0 fully saturated rings. The Labute approximate surface area is 251 Å². The van der Waals surface area contributed by atoms with Gasteiger partial charge in [0.05, 0.1) is 11.6 Å². The van der Waals surface area contributed by atoms with Crippen molar-refractivity contribution in [2.45, 2.75) is 0 Å². The monoisotopic (exact) mass is 546 g/mol. The van der Waals surface area contributed by atoms with Gasteiger partial charge < -0.3 is 4.90 Å². The molecule has 1 aliphatic carbocycles. The van der Waals surface area contributed by atoms with E-state index < -0.39 is 0 Å². The summed E-state index contributed by atoms with van der Waals surface area (Å²) in [7, 11) is 0. The maximum atomic E-state index is 9.22. The third-order valence-electron chi connectivity index (χ3n) is 8.45. The molecule has 0 unspecified atom stereocenters. The van der Waals surface area contributed by atoms with E-state index in [0.717, 1.165) is 28.2 Å². The molecule has 0 N–H and O–H groups in total. The first-order valence-corrected chi connectivity index (χ1v) is 14.5. The van der Waals surface area contributed by atoms with Crippen LogP contribution in [0.2, 0.25) is 0 Å². The highest BCUT2D eigenvalue weighted by Gasteiger charge is 2.22. The third-order valence-corrected chi connectivity index (χ3v) is 8.45. The fourth-order valence-electron chi connectivity index (χ4n) is 6.44. The lowest BCUT2D eigenvalue weighted by atomic mass is 9.94. The second-order valence-corrected chi connectivity index (χ2v) is 10.9. The Hall–Kier alpha value is -5.91. The summed E-state index contributed by atoms with van der Waals surface area (Å²) in [4.78, 5) is 2.29. The summed E-state index contributed by atoms with van der Waals surface area (Å²) >= 11 is 0. The van der Waals surface area contributed by atoms with Gasteiger partial charge in [-0.25, -0.2) is 0 Å². The van der Waals surface area contributed by atoms with Crippen LogP contribution in [0.3, 0.4) is 0 Å². The Balaban J connectivity index is 1.21. The van der Waals surface area contributed by atoms with Crippen LogP contribution in [0.4, 0.5) is 17.1 Å². The molecule has 0 atom stereocenters. The molecule has 2 nitrogen and oxygen atoms in total. The smallest absolute Gasteiger partial charge is 0.0991 e. The second-order valence-electron chi connectivity index (χ2n) is 10.9. The third kappa shape index (κ3) is 4.19. The van der Waals surface area contributed by atoms with Crippen LogP contribution >= 0.6 is 0 Å². The van der Waals surface area contributed by atoms with Gasteiger partial charge in [0.2, 0.25) is 0 Å². The minimum Gasteiger partial charge on any atom is -0.310 e. The summed E-state index contributed by atoms with van der Waals surface area (Å²) in [5, 5.41) is 11.8. The molecule has 0 radical (unpaired) electrons. The van der Waals surface area contributed by atoms with Gasteiger partial charge in [0.25, 0.3) is 0 Å². The van der Waals surface area contributed by atoms with E-state index in [1.165, 1.54) is 44.2 Å². The zero-order chi connectivity index (χ0) is 28.8. The predicted octanol–water partition coefficient (Wildman–Crippen LogP) is 11.2. The molecule has 0 aliphatic heterocycles. The molecule has 200 valence electrons. The normalized spacial score (nSPS) is 11.2. The van der Waals surface area contributed by atoms with Crippen LogP contribution in [-0.2, 0) is 0 Å². The second kappa shape index (κ2) is 10.2. The molecule has 8 rings (SSSR count). The van der Waals surface area contributed by atoms with E-state index in [1.54, 1.807) is 0 Å². The van der Waals surface area contributed by atoms with E-state index in [9.17, 15) is 5.26 Å². The summed E-state index contributed by atoms with van der Waals surface area (Å²) in [6, 6.07) is 57.9. The number of hydrogen-bond donors (Lipinski definition) is 0. The van der Waals surface area contributed by atoms with E-state index in [-0.39, 0.29) is 0 Å². The highest BCUT2D eigenvalue weighted by atomic mass is 15.1. The quantitative estimate of drug-likeness (QED) is 0.215. The standard InChI is InChI=1S/C41H26N2/c42-27-28-16-18-29(19-17-28)31-8-6-11-34(26-31)43(32-9-2-1-3-10-32)33-22-20-30(21-23-33)35-24-25-40-37-13-5-4-12-36(37)39-15-7-14-38(35)41(39)40/h1-26H. The SMILES string of the molecule is N#Cc1ccc(-c2cccc(N(c3ccccc3)c3ccc(-c4ccc5c6c(cccc46)-c4ccccc4-5)cc3)c2)cc1. The van der Waals surface area contributed by atoms with Crippen molar-refractivity contribution in [3.05, 3.63) is 163 Å². The largest absolute Gasteiger partial charge is 0.310 e. The Bertz CT molecular complexity index is 2140. The van der Waals surface area contributed by atoms with Crippen LogP contribution in [0.1, 0.15) is 5.56 Å². The van der Waals surface area contributed by atoms with E-state index in [0.29, 0.717) is 5.56 Å². The maximum Gasteiger partial charge on any atom is 0.0991 e. The van der Waals surface area contributed by atoms with E-state index >= 15 is 0 Å². The van der Waals surface area contributed by atoms with Gasteiger partial charge in [-0.05, 0) is 104 Å². The van der Waals surface area contributed by atoms with Crippen molar-refractivity contribution < 1.29 is 0 Å². The van der Waals surface area contributed by atoms with Gasteiger partial charge >= 0.3 is 0 Å². The fourth-order valence-corrected chi connectivity index (χ4v) is 6.44. The number of anilines is 3. The highest BCUT2D eigenvalue weighted by Crippen LogP contribution is 2.49. The Morgan fingerprint density at radius 3 is 1.72 bits per heavy atom. The van der Waals surface area contributed by atoms with Gasteiger partial charge in [0.1, 0.15) is 0 Å². The van der Waals surface area contributed by atoms with Crippen molar-refractivity contribution in [1.82, 2.24) is 0 Å². The number of para-hydroxylation sites is 1. The Morgan fingerprint density at radius 1 is 0.395 bits per heavy atom. The zero-order valence-electron chi connectivity index (χ0n) is 23.4. The van der Waals surface area contributed by atoms with Gasteiger partial charge in [-0.15, -0.1) is 0 Å². The molecule has 0 spiro atoms. The lowest BCUT2D eigenvalue weighted by molar-refractivity contribution is 1.28. The lowest BCUT2D eigenvalue weighted by Gasteiger charge is -2.26. The van der Waals surface area contributed by atoms with Crippen LogP contribution in [0, 0.1) is 11.3 Å². The average Bonchev–Trinajstić information content (AvgIpc) is 3.41. The van der Waals surface area contributed by atoms with Gasteiger partial charge in [0.15, 0.2) is 0 Å². The van der Waals surface area contributed by atoms with E-state index in [2.05, 4.69) is 138 Å². The minimum absolute atomic E-state index is 0.663. The lowest BCUT2D eigenvalue weighted by Crippen LogP contribution is -2.09. The first kappa shape index (κ1) is 24.9. The number of hydrogen-bond acceptors (Lipinski definition) is 2. The molecule has 7 aromatic rings. The molecular weight excluding hydrogens is 520 g/mol. The summed E-state index contributed by atoms with van der Waals surface area (Å²) in [6.07, 6.45) is 0. The number of benzene rings is 7. The molecule has 0 amide bonds. The highest BCUT2D eigenvalue weighted by molar-refractivity contribution is 6.18. The molecule has 7 aromatic carbocycles. The van der Waals surface area contributed by atoms with Crippen molar-refractivity contribution in [2.75, 3.05) is 4.90 Å². The molecule has 0 heterocycles. The molecular formula is C41H26N2. The number of nitriles is 1. The minimum atomic E-state index is 0.663. The fraction of sp³-hybridized carbons (Fsp3) is 0. The van der Waals surface area contributed by atoms with Crippen molar-refractivity contribution in [1.29, 1.82) is 5.26 Å². The van der Waals surface area contributed by atoms with E-state index in [1.807, 2.05) is 30.3 Å². The van der Waals surface area contributed by atoms with Gasteiger partial charge in [-0.1, -0.05) is 109 Å². The Kier molecular flexibility index (Phi) is 5.88. The molecule has 1 aliphatic rings. The van der Waals surface area contributed by atoms with Crippen LogP contribution in [0.5, 0.6) is 0 Å². The number of fused-ring (bicyclic) bond motifs is 3. The summed E-state index contributed by atoms with van der Waals surface area (Å²) < 4.78 is 0. The van der Waals surface area contributed by atoms with Crippen LogP contribution in [0.25, 0.3) is 55.3 Å². The Morgan fingerprint density at radius 2 is 0.977 bits per heavy atom. The van der Waals surface area contributed by atoms with Crippen molar-refractivity contribution in [3.8, 4) is 50.6 Å². The molecule has 43 heavy (non-hydrogen) atoms. The molecule has 0 saturated heterocycles.